The van der Waals surface area contributed by atoms with Crippen LogP contribution >= 0.6 is 0 Å². The molecule has 2 fully saturated rings. The molecule has 1 aliphatic heterocycles. The van der Waals surface area contributed by atoms with E-state index in [-0.39, 0.29) is 10.3 Å². The molecule has 2 bridgehead atoms. The second-order valence-corrected chi connectivity index (χ2v) is 11.7. The lowest BCUT2D eigenvalue weighted by Gasteiger charge is -2.56. The monoisotopic (exact) mass is 455 g/mol. The molecule has 4 N–H and O–H groups in total. The molecule has 1 heterocycles. The molecule has 3 atom stereocenters. The largest absolute Gasteiger partial charge is 0.508 e. The van der Waals surface area contributed by atoms with Gasteiger partial charge in [-0.15, -0.1) is 0 Å². The van der Waals surface area contributed by atoms with E-state index in [0.29, 0.717) is 17.8 Å². The number of hydrogen-bond donors (Lipinski definition) is 3. The number of nitrogens with two attached hydrogens (primary N) is 1. The summed E-state index contributed by atoms with van der Waals surface area (Å²) in [4.78, 5) is 2.85. The van der Waals surface area contributed by atoms with Crippen LogP contribution in [0.25, 0.3) is 0 Å². The average molecular weight is 456 g/mol. The first-order valence-corrected chi connectivity index (χ1v) is 13.2. The molecule has 6 nitrogen and oxygen atoms in total. The zero-order valence-electron chi connectivity index (χ0n) is 18.6. The Balaban J connectivity index is 1.35. The van der Waals surface area contributed by atoms with Crippen LogP contribution in [0.3, 0.4) is 0 Å². The van der Waals surface area contributed by atoms with Gasteiger partial charge in [0.1, 0.15) is 5.75 Å². The molecular formula is C25H33N3O3S. The highest BCUT2D eigenvalue weighted by Crippen LogP contribution is 2.47. The predicted molar refractivity (Wildman–Crippen MR) is 125 cm³/mol. The van der Waals surface area contributed by atoms with E-state index in [1.807, 2.05) is 24.3 Å². The number of hydrogen-bond acceptors (Lipinski definition) is 5. The highest BCUT2D eigenvalue weighted by molar-refractivity contribution is 7.89. The van der Waals surface area contributed by atoms with Crippen molar-refractivity contribution >= 4 is 10.0 Å². The van der Waals surface area contributed by atoms with Crippen LogP contribution in [-0.4, -0.2) is 50.1 Å². The number of likely N-dealkylation sites (tertiary alicyclic amines) is 1. The quantitative estimate of drug-likeness (QED) is 0.596. The molecule has 172 valence electrons. The molecule has 0 radical (unpaired) electrons. The van der Waals surface area contributed by atoms with Crippen molar-refractivity contribution in [2.75, 3.05) is 19.6 Å². The second kappa shape index (κ2) is 8.13. The number of aromatic hydroxyl groups is 1. The third-order valence-corrected chi connectivity index (χ3v) is 8.75. The summed E-state index contributed by atoms with van der Waals surface area (Å²) in [5.41, 5.74) is 3.72. The van der Waals surface area contributed by atoms with Gasteiger partial charge in [-0.3, -0.25) is 4.90 Å². The number of fused-ring (bicyclic) bond motifs is 4. The standard InChI is InChI=1S/C25H33N3O3S/c1-25-11-13-28(16-18-2-3-18)23(14-19-6-7-20(29)15-22(19)25)24(25)27-12-10-17-4-8-21(9-5-17)32(26,30)31/h4-9,15,18,23-24,27,29H,2-3,10-14,16H2,1H3,(H2,26,30,31)/t23-,24-,25-/m1/s1. The van der Waals surface area contributed by atoms with Gasteiger partial charge < -0.3 is 10.4 Å². The van der Waals surface area contributed by atoms with Gasteiger partial charge in [-0.2, -0.15) is 0 Å². The van der Waals surface area contributed by atoms with Crippen LogP contribution in [-0.2, 0) is 28.3 Å². The first-order valence-electron chi connectivity index (χ1n) is 11.7. The SMILES string of the molecule is C[C@@]12CCN(CC3CC3)[C@H](Cc3ccc(O)cc31)[C@H]2NCCc1ccc(S(N)(=O)=O)cc1. The Hall–Kier alpha value is -1.93. The van der Waals surface area contributed by atoms with Gasteiger partial charge in [-0.05, 0) is 92.1 Å². The van der Waals surface area contributed by atoms with Crippen molar-refractivity contribution in [2.24, 2.45) is 11.1 Å². The minimum atomic E-state index is -3.66. The third kappa shape index (κ3) is 4.19. The van der Waals surface area contributed by atoms with E-state index in [1.54, 1.807) is 12.1 Å². The van der Waals surface area contributed by atoms with E-state index >= 15 is 0 Å². The number of primary sulfonamides is 1. The van der Waals surface area contributed by atoms with Gasteiger partial charge in [0.05, 0.1) is 4.90 Å². The predicted octanol–water partition coefficient (Wildman–Crippen LogP) is 2.54. The Morgan fingerprint density at radius 3 is 2.62 bits per heavy atom. The Morgan fingerprint density at radius 1 is 1.19 bits per heavy atom. The van der Waals surface area contributed by atoms with Gasteiger partial charge >= 0.3 is 0 Å². The first kappa shape index (κ1) is 21.9. The van der Waals surface area contributed by atoms with Crippen molar-refractivity contribution in [2.45, 2.75) is 61.4 Å². The topological polar surface area (TPSA) is 95.7 Å². The zero-order valence-corrected chi connectivity index (χ0v) is 19.4. The smallest absolute Gasteiger partial charge is 0.238 e. The molecule has 2 aliphatic carbocycles. The van der Waals surface area contributed by atoms with Gasteiger partial charge in [0, 0.05) is 24.0 Å². The van der Waals surface area contributed by atoms with Crippen molar-refractivity contribution in [1.82, 2.24) is 10.2 Å². The number of benzene rings is 2. The van der Waals surface area contributed by atoms with Crippen LogP contribution in [0.2, 0.25) is 0 Å². The minimum absolute atomic E-state index is 0.0193. The van der Waals surface area contributed by atoms with E-state index in [1.165, 1.54) is 30.5 Å². The maximum absolute atomic E-state index is 11.5. The van der Waals surface area contributed by atoms with Crippen LogP contribution in [0.4, 0.5) is 0 Å². The first-order chi connectivity index (χ1) is 15.2. The summed E-state index contributed by atoms with van der Waals surface area (Å²) in [7, 11) is -3.66. The normalized spacial score (nSPS) is 27.8. The van der Waals surface area contributed by atoms with E-state index < -0.39 is 10.0 Å². The molecule has 7 heteroatoms. The van der Waals surface area contributed by atoms with Crippen LogP contribution in [0, 0.1) is 5.92 Å². The summed E-state index contributed by atoms with van der Waals surface area (Å²) in [6.07, 6.45) is 5.63. The third-order valence-electron chi connectivity index (χ3n) is 7.82. The lowest BCUT2D eigenvalue weighted by Crippen LogP contribution is -2.67. The lowest BCUT2D eigenvalue weighted by molar-refractivity contribution is 0.0432. The van der Waals surface area contributed by atoms with Crippen LogP contribution < -0.4 is 10.5 Å². The molecule has 0 unspecified atom stereocenters. The van der Waals surface area contributed by atoms with Gasteiger partial charge in [0.2, 0.25) is 10.0 Å². The molecule has 3 aliphatic rings. The van der Waals surface area contributed by atoms with Gasteiger partial charge in [0.15, 0.2) is 0 Å². The molecule has 0 aromatic heterocycles. The van der Waals surface area contributed by atoms with E-state index in [0.717, 1.165) is 43.8 Å². The van der Waals surface area contributed by atoms with Crippen molar-refractivity contribution in [3.8, 4) is 5.75 Å². The summed E-state index contributed by atoms with van der Waals surface area (Å²) in [5, 5.41) is 19.3. The number of sulfonamides is 1. The van der Waals surface area contributed by atoms with Crippen molar-refractivity contribution in [1.29, 1.82) is 0 Å². The maximum atomic E-state index is 11.5. The summed E-state index contributed by atoms with van der Waals surface area (Å²) in [6, 6.07) is 13.5. The summed E-state index contributed by atoms with van der Waals surface area (Å²) in [5.74, 6) is 1.20. The molecule has 32 heavy (non-hydrogen) atoms. The van der Waals surface area contributed by atoms with E-state index in [2.05, 4.69) is 23.2 Å². The Labute approximate surface area is 190 Å². The fourth-order valence-electron chi connectivity index (χ4n) is 5.82. The number of phenols is 1. The highest BCUT2D eigenvalue weighted by Gasteiger charge is 2.51. The fourth-order valence-corrected chi connectivity index (χ4v) is 6.33. The molecule has 2 aromatic rings. The van der Waals surface area contributed by atoms with Crippen molar-refractivity contribution < 1.29 is 13.5 Å². The number of nitrogens with zero attached hydrogens (tertiary/aromatic N) is 1. The Morgan fingerprint density at radius 2 is 1.94 bits per heavy atom. The van der Waals surface area contributed by atoms with Gasteiger partial charge in [-0.25, -0.2) is 13.6 Å². The summed E-state index contributed by atoms with van der Waals surface area (Å²) < 4.78 is 23.0. The van der Waals surface area contributed by atoms with Crippen LogP contribution in [0.5, 0.6) is 5.75 Å². The highest BCUT2D eigenvalue weighted by atomic mass is 32.2. The Bertz CT molecular complexity index is 1100. The number of nitrogens with one attached hydrogen (secondary N) is 1. The number of rotatable bonds is 7. The average Bonchev–Trinajstić information content (AvgIpc) is 3.56. The summed E-state index contributed by atoms with van der Waals surface area (Å²) >= 11 is 0. The van der Waals surface area contributed by atoms with Crippen molar-refractivity contribution in [3.63, 3.8) is 0 Å². The van der Waals surface area contributed by atoms with Gasteiger partial charge in [0.25, 0.3) is 0 Å². The molecule has 0 amide bonds. The van der Waals surface area contributed by atoms with Crippen molar-refractivity contribution in [3.05, 3.63) is 59.2 Å². The molecule has 1 saturated heterocycles. The van der Waals surface area contributed by atoms with Crippen LogP contribution in [0.15, 0.2) is 47.4 Å². The minimum Gasteiger partial charge on any atom is -0.508 e. The zero-order chi connectivity index (χ0) is 22.5. The van der Waals surface area contributed by atoms with Gasteiger partial charge in [-0.1, -0.05) is 25.1 Å². The molecule has 5 rings (SSSR count). The van der Waals surface area contributed by atoms with Crippen LogP contribution in [0.1, 0.15) is 42.9 Å². The van der Waals surface area contributed by atoms with E-state index in [9.17, 15) is 13.5 Å². The molecule has 0 spiro atoms. The molecule has 1 saturated carbocycles. The second-order valence-electron chi connectivity index (χ2n) is 10.1. The van der Waals surface area contributed by atoms with E-state index in [4.69, 9.17) is 5.14 Å². The fraction of sp³-hybridized carbons (Fsp3) is 0.520. The number of piperidine rings is 1. The molecule has 2 aromatic carbocycles. The summed E-state index contributed by atoms with van der Waals surface area (Å²) in [6.45, 7) is 5.47. The lowest BCUT2D eigenvalue weighted by atomic mass is 9.61. The Kier molecular flexibility index (Phi) is 5.56. The number of phenolic OH excluding ortho intramolecular Hbond substituents is 1. The molecular weight excluding hydrogens is 422 g/mol. The maximum Gasteiger partial charge on any atom is 0.238 e.